The van der Waals surface area contributed by atoms with E-state index in [1.807, 2.05) is 24.3 Å². The number of sulfonamides is 1. The summed E-state index contributed by atoms with van der Waals surface area (Å²) >= 11 is 6.05. The van der Waals surface area contributed by atoms with Gasteiger partial charge in [0.1, 0.15) is 4.90 Å². The van der Waals surface area contributed by atoms with E-state index in [9.17, 15) is 13.2 Å². The number of halogens is 1. The Morgan fingerprint density at radius 1 is 1.04 bits per heavy atom. The summed E-state index contributed by atoms with van der Waals surface area (Å²) in [5.74, 6) is -0.279. The molecule has 1 amide bonds. The maximum atomic E-state index is 12.8. The molecule has 27 heavy (non-hydrogen) atoms. The number of anilines is 2. The van der Waals surface area contributed by atoms with E-state index in [0.29, 0.717) is 36.9 Å². The van der Waals surface area contributed by atoms with Crippen molar-refractivity contribution in [1.82, 2.24) is 9.62 Å². The molecule has 1 saturated heterocycles. The lowest BCUT2D eigenvalue weighted by Crippen LogP contribution is -2.58. The average Bonchev–Trinajstić information content (AvgIpc) is 2.67. The Morgan fingerprint density at radius 2 is 1.78 bits per heavy atom. The Hall–Kier alpha value is -2.29. The van der Waals surface area contributed by atoms with Gasteiger partial charge in [-0.05, 0) is 30.3 Å². The number of nitrogens with one attached hydrogen (secondary N) is 2. The predicted molar refractivity (Wildman–Crippen MR) is 104 cm³/mol. The molecule has 142 valence electrons. The first kappa shape index (κ1) is 18.1. The van der Waals surface area contributed by atoms with Gasteiger partial charge in [0.2, 0.25) is 10.0 Å². The highest BCUT2D eigenvalue weighted by molar-refractivity contribution is 7.89. The van der Waals surface area contributed by atoms with Crippen LogP contribution in [-0.4, -0.2) is 51.6 Å². The molecule has 1 atom stereocenters. The molecule has 4 rings (SSSR count). The number of para-hydroxylation sites is 1. The second-order valence-electron chi connectivity index (χ2n) is 6.49. The van der Waals surface area contributed by atoms with E-state index in [1.54, 1.807) is 23.1 Å². The van der Waals surface area contributed by atoms with Crippen LogP contribution in [0.5, 0.6) is 0 Å². The molecular formula is C18H19ClN4O3S. The van der Waals surface area contributed by atoms with Crippen LogP contribution in [0.3, 0.4) is 0 Å². The van der Waals surface area contributed by atoms with Gasteiger partial charge in [0.15, 0.2) is 6.17 Å². The molecular weight excluding hydrogens is 388 g/mol. The molecule has 2 aromatic rings. The minimum absolute atomic E-state index is 0.153. The number of hydrogen-bond donors (Lipinski definition) is 2. The van der Waals surface area contributed by atoms with Crippen molar-refractivity contribution in [2.24, 2.45) is 0 Å². The van der Waals surface area contributed by atoms with Gasteiger partial charge in [-0.3, -0.25) is 4.79 Å². The Bertz CT molecular complexity index is 974. The highest BCUT2D eigenvalue weighted by Crippen LogP contribution is 2.26. The number of benzene rings is 2. The molecule has 0 bridgehead atoms. The molecule has 2 N–H and O–H groups in total. The van der Waals surface area contributed by atoms with Crippen LogP contribution in [0.15, 0.2) is 53.4 Å². The second kappa shape index (κ2) is 7.03. The normalized spacial score (nSPS) is 21.3. The van der Waals surface area contributed by atoms with Crippen LogP contribution in [0.1, 0.15) is 0 Å². The Kier molecular flexibility index (Phi) is 4.71. The number of hydrogen-bond acceptors (Lipinski definition) is 5. The van der Waals surface area contributed by atoms with Crippen molar-refractivity contribution in [2.45, 2.75) is 11.1 Å². The maximum Gasteiger partial charge on any atom is 0.261 e. The third-order valence-electron chi connectivity index (χ3n) is 4.76. The first-order valence-electron chi connectivity index (χ1n) is 8.61. The number of piperazine rings is 1. The van der Waals surface area contributed by atoms with E-state index >= 15 is 0 Å². The number of rotatable bonds is 2. The summed E-state index contributed by atoms with van der Waals surface area (Å²) in [6, 6.07) is 14.1. The maximum absolute atomic E-state index is 12.8. The fourth-order valence-corrected chi connectivity index (χ4v) is 4.83. The Balaban J connectivity index is 1.44. The molecule has 7 nitrogen and oxygen atoms in total. The number of nitrogens with zero attached hydrogens (tertiary/aromatic N) is 2. The van der Waals surface area contributed by atoms with E-state index in [2.05, 4.69) is 14.9 Å². The summed E-state index contributed by atoms with van der Waals surface area (Å²) < 4.78 is 27.2. The second-order valence-corrected chi connectivity index (χ2v) is 8.61. The van der Waals surface area contributed by atoms with Gasteiger partial charge in [0, 0.05) is 36.9 Å². The largest absolute Gasteiger partial charge is 0.368 e. The van der Waals surface area contributed by atoms with Crippen molar-refractivity contribution in [3.8, 4) is 0 Å². The average molecular weight is 407 g/mol. The van der Waals surface area contributed by atoms with Crippen LogP contribution < -0.4 is 14.9 Å². The first-order chi connectivity index (χ1) is 12.9. The summed E-state index contributed by atoms with van der Waals surface area (Å²) in [5.41, 5.74) is 1.45. The summed E-state index contributed by atoms with van der Waals surface area (Å²) in [7, 11) is -3.72. The number of amides is 1. The van der Waals surface area contributed by atoms with Gasteiger partial charge in [0.25, 0.3) is 5.91 Å². The van der Waals surface area contributed by atoms with Crippen LogP contribution in [0.2, 0.25) is 5.02 Å². The molecule has 0 aliphatic carbocycles. The van der Waals surface area contributed by atoms with Gasteiger partial charge < -0.3 is 15.1 Å². The van der Waals surface area contributed by atoms with Gasteiger partial charge in [-0.25, -0.2) is 8.42 Å². The Morgan fingerprint density at radius 3 is 2.52 bits per heavy atom. The molecule has 0 aromatic heterocycles. The number of carbonyl (C=O) groups excluding carboxylic acids is 1. The van der Waals surface area contributed by atoms with Crippen molar-refractivity contribution >= 4 is 38.9 Å². The van der Waals surface area contributed by atoms with E-state index in [1.165, 1.54) is 6.07 Å². The monoisotopic (exact) mass is 406 g/mol. The third-order valence-corrected chi connectivity index (χ3v) is 6.48. The minimum atomic E-state index is -3.72. The summed E-state index contributed by atoms with van der Waals surface area (Å²) in [6.45, 7) is 2.32. The molecule has 0 saturated carbocycles. The fraction of sp³-hybridized carbons (Fsp3) is 0.278. The molecule has 2 aromatic carbocycles. The molecule has 0 spiro atoms. The standard InChI is InChI=1S/C18H19ClN4O3S/c19-13-4-3-5-14(12-13)22-8-10-23(11-9-22)18(24)17-20-15-6-1-2-7-16(15)27(25,26)21-17/h1-7,12,17,20-21H,8-11H2/t17-/m1/s1. The highest BCUT2D eigenvalue weighted by atomic mass is 35.5. The topological polar surface area (TPSA) is 81.7 Å². The minimum Gasteiger partial charge on any atom is -0.368 e. The molecule has 0 radical (unpaired) electrons. The molecule has 2 aliphatic heterocycles. The quantitative estimate of drug-likeness (QED) is 0.793. The van der Waals surface area contributed by atoms with Crippen LogP contribution >= 0.6 is 11.6 Å². The summed E-state index contributed by atoms with van der Waals surface area (Å²) in [5, 5.41) is 3.66. The Labute approximate surface area is 163 Å². The van der Waals surface area contributed by atoms with Crippen molar-refractivity contribution in [2.75, 3.05) is 36.4 Å². The van der Waals surface area contributed by atoms with Gasteiger partial charge in [-0.2, -0.15) is 4.72 Å². The highest BCUT2D eigenvalue weighted by Gasteiger charge is 2.36. The van der Waals surface area contributed by atoms with Gasteiger partial charge in [0.05, 0.1) is 5.69 Å². The van der Waals surface area contributed by atoms with Crippen LogP contribution in [0.25, 0.3) is 0 Å². The zero-order valence-electron chi connectivity index (χ0n) is 14.4. The van der Waals surface area contributed by atoms with Gasteiger partial charge >= 0.3 is 0 Å². The lowest BCUT2D eigenvalue weighted by molar-refractivity contribution is -0.132. The van der Waals surface area contributed by atoms with Crippen molar-refractivity contribution in [1.29, 1.82) is 0 Å². The number of fused-ring (bicyclic) bond motifs is 1. The summed E-state index contributed by atoms with van der Waals surface area (Å²) in [4.78, 5) is 16.8. The molecule has 0 unspecified atom stereocenters. The smallest absolute Gasteiger partial charge is 0.261 e. The lowest BCUT2D eigenvalue weighted by Gasteiger charge is -2.38. The lowest BCUT2D eigenvalue weighted by atomic mass is 10.2. The van der Waals surface area contributed by atoms with Crippen LogP contribution in [-0.2, 0) is 14.8 Å². The van der Waals surface area contributed by atoms with Crippen molar-refractivity contribution in [3.05, 3.63) is 53.6 Å². The van der Waals surface area contributed by atoms with E-state index < -0.39 is 16.2 Å². The van der Waals surface area contributed by atoms with Crippen LogP contribution in [0, 0.1) is 0 Å². The zero-order valence-corrected chi connectivity index (χ0v) is 16.0. The third kappa shape index (κ3) is 3.60. The van der Waals surface area contributed by atoms with E-state index in [0.717, 1.165) is 5.69 Å². The van der Waals surface area contributed by atoms with E-state index in [4.69, 9.17) is 11.6 Å². The predicted octanol–water partition coefficient (Wildman–Crippen LogP) is 1.72. The SMILES string of the molecule is O=C([C@@H]1Nc2ccccc2S(=O)(=O)N1)N1CCN(c2cccc(Cl)c2)CC1. The molecule has 2 aliphatic rings. The van der Waals surface area contributed by atoms with Crippen LogP contribution in [0.4, 0.5) is 11.4 Å². The van der Waals surface area contributed by atoms with E-state index in [-0.39, 0.29) is 10.8 Å². The van der Waals surface area contributed by atoms with Crippen molar-refractivity contribution < 1.29 is 13.2 Å². The molecule has 1 fully saturated rings. The first-order valence-corrected chi connectivity index (χ1v) is 10.5. The van der Waals surface area contributed by atoms with Gasteiger partial charge in [-0.15, -0.1) is 0 Å². The molecule has 2 heterocycles. The number of carbonyl (C=O) groups is 1. The molecule has 9 heteroatoms. The fourth-order valence-electron chi connectivity index (χ4n) is 3.38. The zero-order chi connectivity index (χ0) is 19.0. The van der Waals surface area contributed by atoms with Gasteiger partial charge in [-0.1, -0.05) is 29.8 Å². The summed E-state index contributed by atoms with van der Waals surface area (Å²) in [6.07, 6.45) is -0.998. The van der Waals surface area contributed by atoms with Crippen molar-refractivity contribution in [3.63, 3.8) is 0 Å².